The third-order valence-electron chi connectivity index (χ3n) is 2.54. The van der Waals surface area contributed by atoms with Gasteiger partial charge in [0.15, 0.2) is 0 Å². The summed E-state index contributed by atoms with van der Waals surface area (Å²) in [6.45, 7) is 4.02. The second-order valence-corrected chi connectivity index (χ2v) is 5.96. The zero-order chi connectivity index (χ0) is 12.3. The lowest BCUT2D eigenvalue weighted by atomic mass is 10.2. The molecule has 5 heteroatoms. The van der Waals surface area contributed by atoms with Crippen molar-refractivity contribution in [1.82, 2.24) is 4.31 Å². The Morgan fingerprint density at radius 3 is 2.50 bits per heavy atom. The molecule has 0 fully saturated rings. The molecule has 0 atom stereocenters. The minimum Gasteiger partial charge on any atom is -0.326 e. The molecular weight excluding hydrogens is 224 g/mol. The van der Waals surface area contributed by atoms with Crippen LogP contribution in [-0.2, 0) is 16.6 Å². The Labute approximate surface area is 97.1 Å². The van der Waals surface area contributed by atoms with Crippen LogP contribution in [0.1, 0.15) is 19.4 Å². The molecule has 1 aromatic rings. The van der Waals surface area contributed by atoms with E-state index in [0.717, 1.165) is 5.56 Å². The first kappa shape index (κ1) is 13.2. The molecule has 0 aliphatic carbocycles. The van der Waals surface area contributed by atoms with E-state index in [9.17, 15) is 8.42 Å². The lowest BCUT2D eigenvalue weighted by Gasteiger charge is -2.21. The van der Waals surface area contributed by atoms with Crippen molar-refractivity contribution in [3.63, 3.8) is 0 Å². The van der Waals surface area contributed by atoms with Crippen LogP contribution in [0.25, 0.3) is 0 Å². The number of hydrogen-bond donors (Lipinski definition) is 1. The maximum Gasteiger partial charge on any atom is 0.243 e. The first-order valence-electron chi connectivity index (χ1n) is 5.16. The summed E-state index contributed by atoms with van der Waals surface area (Å²) in [5, 5.41) is 0. The molecule has 4 nitrogen and oxygen atoms in total. The second-order valence-electron chi connectivity index (χ2n) is 3.97. The van der Waals surface area contributed by atoms with Gasteiger partial charge in [-0.2, -0.15) is 4.31 Å². The van der Waals surface area contributed by atoms with E-state index in [1.54, 1.807) is 25.2 Å². The molecule has 0 aliphatic rings. The molecule has 0 unspecified atom stereocenters. The lowest BCUT2D eigenvalue weighted by molar-refractivity contribution is 0.410. The van der Waals surface area contributed by atoms with E-state index in [-0.39, 0.29) is 6.04 Å². The molecule has 0 radical (unpaired) electrons. The minimum absolute atomic E-state index is 0.0634. The van der Waals surface area contributed by atoms with Crippen LogP contribution in [0.4, 0.5) is 0 Å². The zero-order valence-corrected chi connectivity index (χ0v) is 10.7. The van der Waals surface area contributed by atoms with Crippen LogP contribution < -0.4 is 5.73 Å². The Kier molecular flexibility index (Phi) is 4.07. The summed E-state index contributed by atoms with van der Waals surface area (Å²) >= 11 is 0. The summed E-state index contributed by atoms with van der Waals surface area (Å²) in [7, 11) is -1.81. The largest absolute Gasteiger partial charge is 0.326 e. The number of hydrogen-bond acceptors (Lipinski definition) is 3. The van der Waals surface area contributed by atoms with Crippen molar-refractivity contribution in [3.05, 3.63) is 29.8 Å². The second kappa shape index (κ2) is 4.95. The highest BCUT2D eigenvalue weighted by Crippen LogP contribution is 2.17. The van der Waals surface area contributed by atoms with E-state index in [2.05, 4.69) is 0 Å². The summed E-state index contributed by atoms with van der Waals surface area (Å²) in [6, 6.07) is 6.67. The number of nitrogens with zero attached hydrogens (tertiary/aromatic N) is 1. The van der Waals surface area contributed by atoms with Crippen molar-refractivity contribution >= 4 is 10.0 Å². The fraction of sp³-hybridized carbons (Fsp3) is 0.455. The normalized spacial score (nSPS) is 12.4. The molecule has 0 saturated carbocycles. The van der Waals surface area contributed by atoms with Gasteiger partial charge in [-0.3, -0.25) is 0 Å². The first-order valence-corrected chi connectivity index (χ1v) is 6.60. The van der Waals surface area contributed by atoms with Crippen LogP contribution in [0.3, 0.4) is 0 Å². The minimum atomic E-state index is -3.39. The number of nitrogens with two attached hydrogens (primary N) is 1. The first-order chi connectivity index (χ1) is 7.39. The van der Waals surface area contributed by atoms with E-state index in [1.165, 1.54) is 4.31 Å². The van der Waals surface area contributed by atoms with Crippen molar-refractivity contribution in [2.24, 2.45) is 5.73 Å². The third kappa shape index (κ3) is 2.61. The van der Waals surface area contributed by atoms with E-state index in [1.807, 2.05) is 19.9 Å². The fourth-order valence-corrected chi connectivity index (χ4v) is 2.72. The molecule has 0 aliphatic heterocycles. The topological polar surface area (TPSA) is 63.4 Å². The lowest BCUT2D eigenvalue weighted by Crippen LogP contribution is -2.33. The standard InChI is InChI=1S/C11H18N2O2S/c1-9(2)13(3)16(14,15)11-6-4-5-10(7-11)8-12/h4-7,9H,8,12H2,1-3H3. The maximum absolute atomic E-state index is 12.1. The van der Waals surface area contributed by atoms with Gasteiger partial charge in [0, 0.05) is 19.6 Å². The highest BCUT2D eigenvalue weighted by atomic mass is 32.2. The Balaban J connectivity index is 3.17. The SMILES string of the molecule is CC(C)N(C)S(=O)(=O)c1cccc(CN)c1. The molecular formula is C11H18N2O2S. The van der Waals surface area contributed by atoms with Gasteiger partial charge in [-0.05, 0) is 31.5 Å². The number of rotatable bonds is 4. The van der Waals surface area contributed by atoms with Crippen LogP contribution in [0.15, 0.2) is 29.2 Å². The van der Waals surface area contributed by atoms with E-state index >= 15 is 0 Å². The highest BCUT2D eigenvalue weighted by molar-refractivity contribution is 7.89. The fourth-order valence-electron chi connectivity index (χ4n) is 1.28. The molecule has 2 N–H and O–H groups in total. The van der Waals surface area contributed by atoms with E-state index < -0.39 is 10.0 Å². The molecule has 1 rings (SSSR count). The predicted molar refractivity (Wildman–Crippen MR) is 64.4 cm³/mol. The van der Waals surface area contributed by atoms with Crippen LogP contribution >= 0.6 is 0 Å². The van der Waals surface area contributed by atoms with Gasteiger partial charge >= 0.3 is 0 Å². The molecule has 90 valence electrons. The van der Waals surface area contributed by atoms with Crippen molar-refractivity contribution in [3.8, 4) is 0 Å². The Morgan fingerprint density at radius 2 is 2.00 bits per heavy atom. The van der Waals surface area contributed by atoms with Crippen LogP contribution in [0.5, 0.6) is 0 Å². The summed E-state index contributed by atoms with van der Waals surface area (Å²) in [5.74, 6) is 0. The van der Waals surface area contributed by atoms with Crippen molar-refractivity contribution in [2.45, 2.75) is 31.3 Å². The molecule has 1 aromatic carbocycles. The molecule has 0 bridgehead atoms. The maximum atomic E-state index is 12.1. The van der Waals surface area contributed by atoms with Gasteiger partial charge in [-0.15, -0.1) is 0 Å². The molecule has 0 saturated heterocycles. The molecule has 0 heterocycles. The van der Waals surface area contributed by atoms with Gasteiger partial charge in [0.1, 0.15) is 0 Å². The van der Waals surface area contributed by atoms with Gasteiger partial charge in [0.2, 0.25) is 10.0 Å². The van der Waals surface area contributed by atoms with E-state index in [0.29, 0.717) is 11.4 Å². The third-order valence-corrected chi connectivity index (χ3v) is 4.57. The average molecular weight is 242 g/mol. The van der Waals surface area contributed by atoms with Crippen LogP contribution in [0.2, 0.25) is 0 Å². The van der Waals surface area contributed by atoms with Gasteiger partial charge in [-0.25, -0.2) is 8.42 Å². The summed E-state index contributed by atoms with van der Waals surface area (Å²) < 4.78 is 25.6. The van der Waals surface area contributed by atoms with Crippen LogP contribution in [-0.4, -0.2) is 25.8 Å². The Bertz CT molecular complexity index is 455. The monoisotopic (exact) mass is 242 g/mol. The summed E-state index contributed by atoms with van der Waals surface area (Å²) in [5.41, 5.74) is 6.31. The molecule has 16 heavy (non-hydrogen) atoms. The molecule has 0 aromatic heterocycles. The smallest absolute Gasteiger partial charge is 0.243 e. The summed E-state index contributed by atoms with van der Waals surface area (Å²) in [6.07, 6.45) is 0. The summed E-state index contributed by atoms with van der Waals surface area (Å²) in [4.78, 5) is 0.298. The van der Waals surface area contributed by atoms with Gasteiger partial charge in [-0.1, -0.05) is 12.1 Å². The highest BCUT2D eigenvalue weighted by Gasteiger charge is 2.22. The Morgan fingerprint density at radius 1 is 1.38 bits per heavy atom. The predicted octanol–water partition coefficient (Wildman–Crippen LogP) is 1.17. The molecule has 0 amide bonds. The number of sulfonamides is 1. The van der Waals surface area contributed by atoms with Gasteiger partial charge < -0.3 is 5.73 Å². The van der Waals surface area contributed by atoms with Crippen molar-refractivity contribution in [2.75, 3.05) is 7.05 Å². The van der Waals surface area contributed by atoms with E-state index in [4.69, 9.17) is 5.73 Å². The van der Waals surface area contributed by atoms with Crippen molar-refractivity contribution in [1.29, 1.82) is 0 Å². The average Bonchev–Trinajstić information content (AvgIpc) is 2.27. The van der Waals surface area contributed by atoms with Crippen LogP contribution in [0, 0.1) is 0 Å². The Hall–Kier alpha value is -0.910. The van der Waals surface area contributed by atoms with Crippen molar-refractivity contribution < 1.29 is 8.42 Å². The zero-order valence-electron chi connectivity index (χ0n) is 9.84. The quantitative estimate of drug-likeness (QED) is 0.862. The molecule has 0 spiro atoms. The number of benzene rings is 1. The van der Waals surface area contributed by atoms with Gasteiger partial charge in [0.25, 0.3) is 0 Å². The van der Waals surface area contributed by atoms with Gasteiger partial charge in [0.05, 0.1) is 4.90 Å².